The average Bonchev–Trinajstić information content (AvgIpc) is 2.70. The van der Waals surface area contributed by atoms with Crippen LogP contribution >= 0.6 is 23.5 Å². The monoisotopic (exact) mass is 385 g/mol. The Balaban J connectivity index is 1.91. The van der Waals surface area contributed by atoms with E-state index >= 15 is 0 Å². The molecular weight excluding hydrogens is 370 g/mol. The number of hydrogen-bond acceptors (Lipinski definition) is 5. The van der Waals surface area contributed by atoms with E-state index in [4.69, 9.17) is 10.5 Å². The normalized spacial score (nSPS) is 9.70. The van der Waals surface area contributed by atoms with Crippen LogP contribution in [0.4, 0.5) is 5.69 Å². The maximum Gasteiger partial charge on any atom is 0.145 e. The van der Waals surface area contributed by atoms with E-state index < -0.39 is 0 Å². The summed E-state index contributed by atoms with van der Waals surface area (Å²) in [5.41, 5.74) is 0.866. The second kappa shape index (κ2) is 9.54. The van der Waals surface area contributed by atoms with E-state index in [1.54, 1.807) is 23.5 Å². The summed E-state index contributed by atoms with van der Waals surface area (Å²) in [5.74, 6) is 0. The van der Waals surface area contributed by atoms with Gasteiger partial charge in [0.2, 0.25) is 0 Å². The summed E-state index contributed by atoms with van der Waals surface area (Å²) in [6.07, 6.45) is 1.43. The van der Waals surface area contributed by atoms with Crippen molar-refractivity contribution in [3.63, 3.8) is 0 Å². The van der Waals surface area contributed by atoms with E-state index in [2.05, 4.69) is 35.6 Å². The topological polar surface area (TPSA) is 59.6 Å². The Labute approximate surface area is 167 Å². The van der Waals surface area contributed by atoms with Crippen molar-refractivity contribution in [1.29, 1.82) is 10.5 Å². The maximum absolute atomic E-state index is 8.91. The quantitative estimate of drug-likeness (QED) is 0.502. The molecule has 3 rings (SSSR count). The number of nitriles is 2. The lowest BCUT2D eigenvalue weighted by Crippen LogP contribution is -1.91. The summed E-state index contributed by atoms with van der Waals surface area (Å²) < 4.78 is 0. The largest absolute Gasteiger partial charge is 0.360 e. The van der Waals surface area contributed by atoms with E-state index in [-0.39, 0.29) is 5.57 Å². The van der Waals surface area contributed by atoms with Gasteiger partial charge < -0.3 is 5.32 Å². The fourth-order valence-corrected chi connectivity index (χ4v) is 4.22. The second-order valence-corrected chi connectivity index (χ2v) is 7.74. The molecular formula is C22H15N3S2. The van der Waals surface area contributed by atoms with Gasteiger partial charge in [0.15, 0.2) is 0 Å². The van der Waals surface area contributed by atoms with Gasteiger partial charge in [0.25, 0.3) is 0 Å². The second-order valence-electron chi connectivity index (χ2n) is 5.45. The molecule has 27 heavy (non-hydrogen) atoms. The van der Waals surface area contributed by atoms with Crippen LogP contribution in [-0.4, -0.2) is 0 Å². The Hall–Kier alpha value is -3.12. The third-order valence-corrected chi connectivity index (χ3v) is 5.42. The maximum atomic E-state index is 8.91. The number of allylic oxidation sites excluding steroid dienone is 1. The number of hydrogen-bond donors (Lipinski definition) is 1. The zero-order chi connectivity index (χ0) is 18.9. The molecule has 0 aliphatic rings. The molecule has 0 saturated heterocycles. The molecule has 3 aromatic rings. The smallest absolute Gasteiger partial charge is 0.145 e. The van der Waals surface area contributed by atoms with Crippen molar-refractivity contribution in [2.24, 2.45) is 0 Å². The fourth-order valence-electron chi connectivity index (χ4n) is 2.27. The van der Waals surface area contributed by atoms with Gasteiger partial charge in [0, 0.05) is 31.5 Å². The first-order chi connectivity index (χ1) is 13.3. The molecule has 0 aliphatic heterocycles. The molecule has 0 fully saturated rings. The van der Waals surface area contributed by atoms with Crippen LogP contribution in [0.25, 0.3) is 0 Å². The SMILES string of the molecule is N#CC(C#N)=CNc1cc(Sc2ccccc2)cc(Sc2ccccc2)c1. The standard InChI is InChI=1S/C22H15N3S2/c23-14-17(15-24)16-25-18-11-21(26-19-7-3-1-4-8-19)13-22(12-18)27-20-9-5-2-6-10-20/h1-13,16,25H. The van der Waals surface area contributed by atoms with E-state index in [1.807, 2.05) is 60.7 Å². The number of nitrogens with zero attached hydrogens (tertiary/aromatic N) is 2. The van der Waals surface area contributed by atoms with Crippen molar-refractivity contribution in [1.82, 2.24) is 0 Å². The van der Waals surface area contributed by atoms with Crippen LogP contribution in [0.2, 0.25) is 0 Å². The summed E-state index contributed by atoms with van der Waals surface area (Å²) >= 11 is 3.34. The summed E-state index contributed by atoms with van der Waals surface area (Å²) in [6.45, 7) is 0. The first kappa shape index (κ1) is 18.7. The zero-order valence-electron chi connectivity index (χ0n) is 14.3. The molecule has 3 nitrogen and oxygen atoms in total. The number of nitrogens with one attached hydrogen (secondary N) is 1. The van der Waals surface area contributed by atoms with Gasteiger partial charge in [-0.3, -0.25) is 0 Å². The summed E-state index contributed by atoms with van der Waals surface area (Å²) in [6, 6.07) is 30.2. The van der Waals surface area contributed by atoms with Gasteiger partial charge in [-0.15, -0.1) is 0 Å². The molecule has 0 atom stereocenters. The van der Waals surface area contributed by atoms with E-state index in [0.717, 1.165) is 25.3 Å². The van der Waals surface area contributed by atoms with Gasteiger partial charge in [-0.25, -0.2) is 0 Å². The van der Waals surface area contributed by atoms with Gasteiger partial charge in [0.05, 0.1) is 0 Å². The Morgan fingerprint density at radius 1 is 0.704 bits per heavy atom. The molecule has 1 N–H and O–H groups in total. The Bertz CT molecular complexity index is 941. The van der Waals surface area contributed by atoms with Crippen LogP contribution in [0.15, 0.2) is 110 Å². The van der Waals surface area contributed by atoms with Crippen molar-refractivity contribution in [3.05, 3.63) is 90.6 Å². The van der Waals surface area contributed by atoms with Crippen molar-refractivity contribution < 1.29 is 0 Å². The van der Waals surface area contributed by atoms with E-state index in [1.165, 1.54) is 6.20 Å². The Morgan fingerprint density at radius 2 is 1.19 bits per heavy atom. The summed E-state index contributed by atoms with van der Waals surface area (Å²) in [7, 11) is 0. The summed E-state index contributed by atoms with van der Waals surface area (Å²) in [4.78, 5) is 4.45. The van der Waals surface area contributed by atoms with Crippen molar-refractivity contribution in [2.75, 3.05) is 5.32 Å². The minimum absolute atomic E-state index is 0.0355. The molecule has 0 aliphatic carbocycles. The van der Waals surface area contributed by atoms with E-state index in [9.17, 15) is 0 Å². The Kier molecular flexibility index (Phi) is 6.60. The van der Waals surface area contributed by atoms with Gasteiger partial charge in [-0.05, 0) is 42.5 Å². The minimum Gasteiger partial charge on any atom is -0.360 e. The highest BCUT2D eigenvalue weighted by Gasteiger charge is 2.05. The molecule has 130 valence electrons. The first-order valence-electron chi connectivity index (χ1n) is 8.14. The van der Waals surface area contributed by atoms with Crippen LogP contribution in [-0.2, 0) is 0 Å². The highest BCUT2D eigenvalue weighted by atomic mass is 32.2. The molecule has 0 radical (unpaired) electrons. The van der Waals surface area contributed by atoms with Crippen LogP contribution in [0.5, 0.6) is 0 Å². The molecule has 0 saturated carbocycles. The van der Waals surface area contributed by atoms with Gasteiger partial charge in [-0.1, -0.05) is 59.9 Å². The minimum atomic E-state index is 0.0355. The molecule has 0 amide bonds. The zero-order valence-corrected chi connectivity index (χ0v) is 15.9. The van der Waals surface area contributed by atoms with E-state index in [0.29, 0.717) is 0 Å². The predicted molar refractivity (Wildman–Crippen MR) is 111 cm³/mol. The fraction of sp³-hybridized carbons (Fsp3) is 0. The number of rotatable bonds is 6. The molecule has 0 bridgehead atoms. The molecule has 5 heteroatoms. The number of anilines is 1. The Morgan fingerprint density at radius 3 is 1.63 bits per heavy atom. The number of benzene rings is 3. The van der Waals surface area contributed by atoms with Crippen LogP contribution < -0.4 is 5.32 Å². The predicted octanol–water partition coefficient (Wildman–Crippen LogP) is 6.33. The van der Waals surface area contributed by atoms with Crippen LogP contribution in [0.1, 0.15) is 0 Å². The highest BCUT2D eigenvalue weighted by molar-refractivity contribution is 8.00. The van der Waals surface area contributed by atoms with Crippen LogP contribution in [0, 0.1) is 22.7 Å². The van der Waals surface area contributed by atoms with Crippen molar-refractivity contribution in [2.45, 2.75) is 19.6 Å². The third kappa shape index (κ3) is 5.69. The van der Waals surface area contributed by atoms with Crippen molar-refractivity contribution >= 4 is 29.2 Å². The molecule has 0 unspecified atom stereocenters. The summed E-state index contributed by atoms with van der Waals surface area (Å²) in [5, 5.41) is 20.9. The van der Waals surface area contributed by atoms with Gasteiger partial charge in [-0.2, -0.15) is 10.5 Å². The van der Waals surface area contributed by atoms with Gasteiger partial charge >= 0.3 is 0 Å². The van der Waals surface area contributed by atoms with Gasteiger partial charge in [0.1, 0.15) is 17.7 Å². The molecule has 0 aromatic heterocycles. The van der Waals surface area contributed by atoms with Crippen molar-refractivity contribution in [3.8, 4) is 12.1 Å². The highest BCUT2D eigenvalue weighted by Crippen LogP contribution is 2.36. The first-order valence-corrected chi connectivity index (χ1v) is 9.78. The molecule has 3 aromatic carbocycles. The third-order valence-electron chi connectivity index (χ3n) is 3.46. The molecule has 0 spiro atoms. The average molecular weight is 386 g/mol. The lowest BCUT2D eigenvalue weighted by molar-refractivity contribution is 1.30. The lowest BCUT2D eigenvalue weighted by Gasteiger charge is -2.10. The molecule has 0 heterocycles. The van der Waals surface area contributed by atoms with Crippen LogP contribution in [0.3, 0.4) is 0 Å². The lowest BCUT2D eigenvalue weighted by atomic mass is 10.3.